The lowest BCUT2D eigenvalue weighted by Crippen LogP contribution is -2.51. The van der Waals surface area contributed by atoms with E-state index < -0.39 is 0 Å². The summed E-state index contributed by atoms with van der Waals surface area (Å²) in [4.78, 5) is 15.8. The zero-order valence-electron chi connectivity index (χ0n) is 11.5. The predicted octanol–water partition coefficient (Wildman–Crippen LogP) is 2.50. The molecule has 0 aromatic heterocycles. The smallest absolute Gasteiger partial charge is 0.219 e. The van der Waals surface area contributed by atoms with Gasteiger partial charge < -0.3 is 4.90 Å². The number of halogens is 1. The fourth-order valence-electron chi connectivity index (χ4n) is 3.33. The molecule has 2 rings (SSSR count). The van der Waals surface area contributed by atoms with E-state index in [1.165, 1.54) is 38.6 Å². The summed E-state index contributed by atoms with van der Waals surface area (Å²) in [5, 5.41) is 1.13. The quantitative estimate of drug-likeness (QED) is 0.747. The Bertz CT molecular complexity index is 282. The molecule has 1 heterocycles. The molecule has 0 spiro atoms. The molecule has 2 aliphatic rings. The van der Waals surface area contributed by atoms with Crippen molar-refractivity contribution in [3.05, 3.63) is 0 Å². The van der Waals surface area contributed by atoms with E-state index in [4.69, 9.17) is 0 Å². The number of nitrogens with zero attached hydrogens (tertiary/aromatic N) is 2. The van der Waals surface area contributed by atoms with Crippen molar-refractivity contribution in [3.8, 4) is 0 Å². The summed E-state index contributed by atoms with van der Waals surface area (Å²) < 4.78 is 0. The van der Waals surface area contributed by atoms with Crippen molar-refractivity contribution >= 4 is 21.8 Å². The largest absolute Gasteiger partial charge is 0.340 e. The van der Waals surface area contributed by atoms with Crippen molar-refractivity contribution in [1.82, 2.24) is 9.80 Å². The second-order valence-corrected chi connectivity index (χ2v) is 6.54. The maximum absolute atomic E-state index is 11.3. The SMILES string of the molecule is CC(=O)N1CCN(CC2(CBr)CCCCC2)CC1. The minimum absolute atomic E-state index is 0.225. The van der Waals surface area contributed by atoms with Gasteiger partial charge in [0, 0.05) is 45.0 Å². The van der Waals surface area contributed by atoms with Crippen molar-refractivity contribution < 1.29 is 4.79 Å². The number of carbonyl (C=O) groups excluding carboxylic acids is 1. The van der Waals surface area contributed by atoms with Crippen molar-refractivity contribution in [2.75, 3.05) is 38.1 Å². The molecular formula is C14H25BrN2O. The Morgan fingerprint density at radius 2 is 1.72 bits per heavy atom. The van der Waals surface area contributed by atoms with Crippen LogP contribution in [0.2, 0.25) is 0 Å². The van der Waals surface area contributed by atoms with E-state index >= 15 is 0 Å². The molecule has 0 N–H and O–H groups in total. The molecule has 0 aromatic carbocycles. The third-order valence-electron chi connectivity index (χ3n) is 4.57. The highest BCUT2D eigenvalue weighted by Gasteiger charge is 2.33. The zero-order chi connectivity index (χ0) is 13.0. The van der Waals surface area contributed by atoms with Gasteiger partial charge in [-0.1, -0.05) is 35.2 Å². The number of piperazine rings is 1. The third-order valence-corrected chi connectivity index (χ3v) is 5.76. The lowest BCUT2D eigenvalue weighted by Gasteiger charge is -2.43. The first-order valence-electron chi connectivity index (χ1n) is 7.19. The molecule has 18 heavy (non-hydrogen) atoms. The summed E-state index contributed by atoms with van der Waals surface area (Å²) in [6, 6.07) is 0. The van der Waals surface area contributed by atoms with Gasteiger partial charge in [0.2, 0.25) is 5.91 Å². The van der Waals surface area contributed by atoms with Gasteiger partial charge in [0.1, 0.15) is 0 Å². The Labute approximate surface area is 119 Å². The summed E-state index contributed by atoms with van der Waals surface area (Å²) in [7, 11) is 0. The first-order valence-corrected chi connectivity index (χ1v) is 8.31. The van der Waals surface area contributed by atoms with Gasteiger partial charge in [-0.15, -0.1) is 0 Å². The van der Waals surface area contributed by atoms with Crippen LogP contribution in [0.1, 0.15) is 39.0 Å². The van der Waals surface area contributed by atoms with E-state index in [2.05, 4.69) is 20.8 Å². The fraction of sp³-hybridized carbons (Fsp3) is 0.929. The monoisotopic (exact) mass is 316 g/mol. The van der Waals surface area contributed by atoms with Crippen LogP contribution in [0.3, 0.4) is 0 Å². The Hall–Kier alpha value is -0.0900. The van der Waals surface area contributed by atoms with Gasteiger partial charge in [0.25, 0.3) is 0 Å². The number of alkyl halides is 1. The summed E-state index contributed by atoms with van der Waals surface area (Å²) in [5.41, 5.74) is 0.497. The lowest BCUT2D eigenvalue weighted by atomic mass is 9.75. The molecule has 104 valence electrons. The van der Waals surface area contributed by atoms with Gasteiger partial charge in [0.05, 0.1) is 0 Å². The van der Waals surface area contributed by atoms with Crippen molar-refractivity contribution in [2.24, 2.45) is 5.41 Å². The van der Waals surface area contributed by atoms with Crippen LogP contribution in [0.5, 0.6) is 0 Å². The van der Waals surface area contributed by atoms with Crippen molar-refractivity contribution in [1.29, 1.82) is 0 Å². The number of hydrogen-bond acceptors (Lipinski definition) is 2. The Balaban J connectivity index is 1.84. The van der Waals surface area contributed by atoms with Crippen LogP contribution < -0.4 is 0 Å². The number of rotatable bonds is 3. The van der Waals surface area contributed by atoms with Gasteiger partial charge in [-0.05, 0) is 18.3 Å². The maximum Gasteiger partial charge on any atom is 0.219 e. The van der Waals surface area contributed by atoms with Crippen LogP contribution in [0.15, 0.2) is 0 Å². The van der Waals surface area contributed by atoms with Crippen molar-refractivity contribution in [2.45, 2.75) is 39.0 Å². The molecule has 3 nitrogen and oxygen atoms in total. The Kier molecular flexibility index (Phi) is 5.07. The van der Waals surface area contributed by atoms with Gasteiger partial charge in [-0.25, -0.2) is 0 Å². The van der Waals surface area contributed by atoms with Crippen LogP contribution in [-0.4, -0.2) is 53.8 Å². The lowest BCUT2D eigenvalue weighted by molar-refractivity contribution is -0.130. The topological polar surface area (TPSA) is 23.6 Å². The normalized spacial score (nSPS) is 25.1. The fourth-order valence-corrected chi connectivity index (χ4v) is 4.07. The van der Waals surface area contributed by atoms with Gasteiger partial charge >= 0.3 is 0 Å². The minimum Gasteiger partial charge on any atom is -0.340 e. The highest BCUT2D eigenvalue weighted by molar-refractivity contribution is 9.09. The number of hydrogen-bond donors (Lipinski definition) is 0. The molecule has 1 aliphatic heterocycles. The predicted molar refractivity (Wildman–Crippen MR) is 78.0 cm³/mol. The average Bonchev–Trinajstić information content (AvgIpc) is 2.40. The van der Waals surface area contributed by atoms with Crippen LogP contribution in [0.4, 0.5) is 0 Å². The second kappa shape index (κ2) is 6.38. The number of amides is 1. The Morgan fingerprint density at radius 1 is 1.11 bits per heavy atom. The van der Waals surface area contributed by atoms with Gasteiger partial charge in [-0.3, -0.25) is 9.69 Å². The van der Waals surface area contributed by atoms with E-state index in [1.54, 1.807) is 6.92 Å². The number of carbonyl (C=O) groups is 1. The van der Waals surface area contributed by atoms with E-state index in [0.29, 0.717) is 5.41 Å². The first kappa shape index (κ1) is 14.3. The molecule has 4 heteroatoms. The van der Waals surface area contributed by atoms with Crippen molar-refractivity contribution in [3.63, 3.8) is 0 Å². The molecule has 1 saturated carbocycles. The highest BCUT2D eigenvalue weighted by Crippen LogP contribution is 2.38. The standard InChI is InChI=1S/C14H25BrN2O/c1-13(18)17-9-7-16(8-10-17)12-14(11-15)5-3-2-4-6-14/h2-12H2,1H3. The molecule has 2 fully saturated rings. The van der Waals surface area contributed by atoms with Crippen LogP contribution in [-0.2, 0) is 4.79 Å². The van der Waals surface area contributed by atoms with E-state index in [0.717, 1.165) is 31.5 Å². The van der Waals surface area contributed by atoms with E-state index in [9.17, 15) is 4.79 Å². The zero-order valence-corrected chi connectivity index (χ0v) is 13.0. The molecular weight excluding hydrogens is 292 g/mol. The highest BCUT2D eigenvalue weighted by atomic mass is 79.9. The first-order chi connectivity index (χ1) is 8.65. The van der Waals surface area contributed by atoms with E-state index in [1.807, 2.05) is 4.90 Å². The van der Waals surface area contributed by atoms with Crippen LogP contribution >= 0.6 is 15.9 Å². The molecule has 0 atom stereocenters. The van der Waals surface area contributed by atoms with Crippen LogP contribution in [0, 0.1) is 5.41 Å². The Morgan fingerprint density at radius 3 is 2.22 bits per heavy atom. The summed E-state index contributed by atoms with van der Waals surface area (Å²) >= 11 is 3.74. The average molecular weight is 317 g/mol. The van der Waals surface area contributed by atoms with Gasteiger partial charge in [-0.2, -0.15) is 0 Å². The summed E-state index contributed by atoms with van der Waals surface area (Å²) in [5.74, 6) is 0.225. The van der Waals surface area contributed by atoms with E-state index in [-0.39, 0.29) is 5.91 Å². The molecule has 0 aromatic rings. The van der Waals surface area contributed by atoms with Crippen LogP contribution in [0.25, 0.3) is 0 Å². The minimum atomic E-state index is 0.225. The summed E-state index contributed by atoms with van der Waals surface area (Å²) in [6.45, 7) is 6.81. The third kappa shape index (κ3) is 3.47. The molecule has 1 amide bonds. The molecule has 1 saturated heterocycles. The molecule has 0 bridgehead atoms. The van der Waals surface area contributed by atoms with Gasteiger partial charge in [0.15, 0.2) is 0 Å². The summed E-state index contributed by atoms with van der Waals surface area (Å²) in [6.07, 6.45) is 6.92. The molecule has 1 aliphatic carbocycles. The maximum atomic E-state index is 11.3. The second-order valence-electron chi connectivity index (χ2n) is 5.98. The molecule has 0 unspecified atom stereocenters. The molecule has 0 radical (unpaired) electrons.